The topological polar surface area (TPSA) is 196 Å². The molecule has 5 aromatic rings. The van der Waals surface area contributed by atoms with Crippen molar-refractivity contribution in [2.75, 3.05) is 36.4 Å². The van der Waals surface area contributed by atoms with Crippen molar-refractivity contribution in [2.45, 2.75) is 126 Å². The van der Waals surface area contributed by atoms with Gasteiger partial charge in [-0.15, -0.1) is 0 Å². The molecule has 5 heterocycles. The molecule has 2 saturated heterocycles. The lowest BCUT2D eigenvalue weighted by molar-refractivity contribution is -0.384. The number of H-pyrrole nitrogens is 1. The largest absolute Gasteiger partial charge is 0.455 e. The third-order valence-corrected chi connectivity index (χ3v) is 16.4. The van der Waals surface area contributed by atoms with Crippen molar-refractivity contribution in [3.05, 3.63) is 106 Å². The van der Waals surface area contributed by atoms with Crippen molar-refractivity contribution in [3.8, 4) is 11.5 Å². The first-order chi connectivity index (χ1) is 31.7. The highest BCUT2D eigenvalue weighted by Gasteiger charge is 2.42. The van der Waals surface area contributed by atoms with Gasteiger partial charge in [0.1, 0.15) is 22.0 Å². The summed E-state index contributed by atoms with van der Waals surface area (Å²) in [6.45, 7) is 9.63. The number of anilines is 2. The van der Waals surface area contributed by atoms with Crippen LogP contribution < -0.4 is 19.7 Å². The number of aromatic amines is 1. The van der Waals surface area contributed by atoms with Crippen molar-refractivity contribution in [2.24, 2.45) is 11.3 Å². The molecule has 2 aliphatic heterocycles. The van der Waals surface area contributed by atoms with E-state index in [1.165, 1.54) is 62.4 Å². The smallest absolute Gasteiger partial charge is 0.312 e. The van der Waals surface area contributed by atoms with Crippen LogP contribution >= 0.6 is 0 Å². The van der Waals surface area contributed by atoms with E-state index >= 15 is 0 Å². The standard InChI is InChI=1S/C50H62N8O7S/c1-33(2)40-7-4-5-8-41(40)43-9-6-24-57(43)36-14-19-50(20-15-36)21-25-56(26-22-50)37-10-11-42(45(28-37)65-38-27-35-16-23-51-46(35)53-31-38)48(59)55-66(63,64)39-29-44(58(61)62)47(54-32-39)52-30-34-12-17-49(3,60)18-13-34/h4-5,7-8,10-11,16,23,27-29,31-34,36,43,60H,6,9,12-15,17-22,24-26,30H2,1-3H3,(H,51,53)(H,52,54)(H,55,59)/t34?,43-,49?/m1/s1. The van der Waals surface area contributed by atoms with Crippen molar-refractivity contribution < 1.29 is 28.0 Å². The van der Waals surface area contributed by atoms with Crippen LogP contribution in [-0.4, -0.2) is 82.0 Å². The van der Waals surface area contributed by atoms with Gasteiger partial charge in [-0.3, -0.25) is 19.8 Å². The fourth-order valence-corrected chi connectivity index (χ4v) is 12.0. The normalized spacial score (nSPS) is 22.8. The molecule has 15 nitrogen and oxygen atoms in total. The average molecular weight is 919 g/mol. The third kappa shape index (κ3) is 9.77. The van der Waals surface area contributed by atoms with Gasteiger partial charge >= 0.3 is 5.69 Å². The Morgan fingerprint density at radius 1 is 0.955 bits per heavy atom. The number of carbonyl (C=O) groups excluding carboxylic acids is 1. The number of aromatic nitrogens is 3. The number of nitrogens with zero attached hydrogens (tertiary/aromatic N) is 5. The molecule has 9 rings (SSSR count). The number of ether oxygens (including phenoxy) is 1. The van der Waals surface area contributed by atoms with Gasteiger partial charge in [-0.1, -0.05) is 38.1 Å². The number of aliphatic hydroxyl groups is 1. The van der Waals surface area contributed by atoms with Crippen LogP contribution in [0, 0.1) is 21.4 Å². The molecular formula is C50H62N8O7S. The highest BCUT2D eigenvalue weighted by Crippen LogP contribution is 2.49. The SMILES string of the molecule is CC(C)c1ccccc1[C@H]1CCCN1C1CCC2(CC1)CCN(c1ccc(C(=O)NS(=O)(=O)c3cnc(NCC4CCC(C)(O)CC4)c([N+](=O)[O-])c3)c(Oc3cnc4[nH]ccc4c3)c1)CC2. The Labute approximate surface area is 387 Å². The van der Waals surface area contributed by atoms with Gasteiger partial charge in [0.2, 0.25) is 5.82 Å². The molecule has 16 heteroatoms. The Hall–Kier alpha value is -5.58. The monoisotopic (exact) mass is 918 g/mol. The van der Waals surface area contributed by atoms with E-state index in [1.54, 1.807) is 31.3 Å². The fraction of sp³-hybridized carbons (Fsp3) is 0.500. The Kier molecular flexibility index (Phi) is 12.8. The molecule has 1 spiro atoms. The second kappa shape index (κ2) is 18.6. The Morgan fingerprint density at radius 2 is 1.71 bits per heavy atom. The summed E-state index contributed by atoms with van der Waals surface area (Å²) in [7, 11) is -4.63. The van der Waals surface area contributed by atoms with Gasteiger partial charge in [0.15, 0.2) is 0 Å². The molecule has 4 fully saturated rings. The molecule has 350 valence electrons. The lowest BCUT2D eigenvalue weighted by atomic mass is 9.66. The number of nitro groups is 1. The molecule has 0 bridgehead atoms. The molecule has 1 atom stereocenters. The Balaban J connectivity index is 0.887. The number of fused-ring (bicyclic) bond motifs is 1. The van der Waals surface area contributed by atoms with E-state index in [0.717, 1.165) is 62.1 Å². The van der Waals surface area contributed by atoms with E-state index in [9.17, 15) is 28.4 Å². The number of pyridine rings is 2. The number of carbonyl (C=O) groups is 1. The number of hydrogen-bond donors (Lipinski definition) is 4. The van der Waals surface area contributed by atoms with Crippen LogP contribution in [-0.2, 0) is 10.0 Å². The summed E-state index contributed by atoms with van der Waals surface area (Å²) in [5, 5.41) is 26.2. The zero-order valence-corrected chi connectivity index (χ0v) is 39.0. The number of hydrogen-bond acceptors (Lipinski definition) is 12. The lowest BCUT2D eigenvalue weighted by Crippen LogP contribution is -2.45. The second-order valence-corrected chi connectivity index (χ2v) is 21.5. The Morgan fingerprint density at radius 3 is 2.45 bits per heavy atom. The fourth-order valence-electron chi connectivity index (χ4n) is 11.1. The van der Waals surface area contributed by atoms with Gasteiger partial charge < -0.3 is 25.0 Å². The number of likely N-dealkylation sites (tertiary alicyclic amines) is 1. The highest BCUT2D eigenvalue weighted by molar-refractivity contribution is 7.90. The van der Waals surface area contributed by atoms with Gasteiger partial charge in [0.05, 0.1) is 28.5 Å². The van der Waals surface area contributed by atoms with Crippen LogP contribution in [0.3, 0.4) is 0 Å². The second-order valence-electron chi connectivity index (χ2n) is 19.8. The van der Waals surface area contributed by atoms with Crippen LogP contribution in [0.15, 0.2) is 84.1 Å². The van der Waals surface area contributed by atoms with Gasteiger partial charge in [-0.25, -0.2) is 23.1 Å². The molecule has 1 amide bonds. The first kappa shape index (κ1) is 45.6. The minimum Gasteiger partial charge on any atom is -0.455 e. The first-order valence-electron chi connectivity index (χ1n) is 23.7. The predicted molar refractivity (Wildman–Crippen MR) is 255 cm³/mol. The molecule has 0 unspecified atom stereocenters. The maximum absolute atomic E-state index is 14.0. The van der Waals surface area contributed by atoms with Crippen LogP contribution in [0.4, 0.5) is 17.2 Å². The molecule has 2 aromatic carbocycles. The summed E-state index contributed by atoms with van der Waals surface area (Å²) in [5.41, 5.74) is 3.51. The molecule has 2 saturated carbocycles. The molecule has 3 aromatic heterocycles. The van der Waals surface area contributed by atoms with E-state index in [2.05, 4.69) is 72.9 Å². The van der Waals surface area contributed by atoms with E-state index in [4.69, 9.17) is 4.74 Å². The van der Waals surface area contributed by atoms with Crippen LogP contribution in [0.5, 0.6) is 11.5 Å². The van der Waals surface area contributed by atoms with E-state index in [-0.39, 0.29) is 23.0 Å². The molecule has 0 radical (unpaired) electrons. The quantitative estimate of drug-likeness (QED) is 0.0646. The van der Waals surface area contributed by atoms with Crippen molar-refractivity contribution in [1.82, 2.24) is 24.6 Å². The lowest BCUT2D eigenvalue weighted by Gasteiger charge is -2.48. The van der Waals surface area contributed by atoms with Crippen LogP contribution in [0.25, 0.3) is 11.0 Å². The zero-order chi connectivity index (χ0) is 46.2. The number of amides is 1. The van der Waals surface area contributed by atoms with Crippen LogP contribution in [0.2, 0.25) is 0 Å². The summed E-state index contributed by atoms with van der Waals surface area (Å²) in [6.07, 6.45) is 16.4. The minimum atomic E-state index is -4.63. The van der Waals surface area contributed by atoms with Gasteiger partial charge in [0, 0.05) is 61.1 Å². The molecule has 66 heavy (non-hydrogen) atoms. The van der Waals surface area contributed by atoms with Gasteiger partial charge in [-0.2, -0.15) is 0 Å². The van der Waals surface area contributed by atoms with E-state index in [1.807, 2.05) is 12.1 Å². The maximum atomic E-state index is 14.0. The highest BCUT2D eigenvalue weighted by atomic mass is 32.2. The summed E-state index contributed by atoms with van der Waals surface area (Å²) in [5.74, 6) is 0.139. The van der Waals surface area contributed by atoms with Crippen molar-refractivity contribution >= 4 is 44.2 Å². The first-order valence-corrected chi connectivity index (χ1v) is 25.2. The van der Waals surface area contributed by atoms with Gasteiger partial charge in [0.25, 0.3) is 15.9 Å². The van der Waals surface area contributed by atoms with Crippen molar-refractivity contribution in [1.29, 1.82) is 0 Å². The number of nitrogens with one attached hydrogen (secondary N) is 3. The van der Waals surface area contributed by atoms with Crippen LogP contribution in [0.1, 0.15) is 131 Å². The zero-order valence-electron chi connectivity index (χ0n) is 38.2. The minimum absolute atomic E-state index is 0.0354. The summed E-state index contributed by atoms with van der Waals surface area (Å²) < 4.78 is 35.9. The number of sulfonamides is 1. The average Bonchev–Trinajstić information content (AvgIpc) is 3.99. The predicted octanol–water partition coefficient (Wildman–Crippen LogP) is 9.62. The molecular weight excluding hydrogens is 857 g/mol. The summed E-state index contributed by atoms with van der Waals surface area (Å²) in [4.78, 5) is 41.6. The molecule has 4 N–H and O–H groups in total. The maximum Gasteiger partial charge on any atom is 0.312 e. The third-order valence-electron chi connectivity index (χ3n) is 15.1. The Bertz CT molecular complexity index is 2680. The van der Waals surface area contributed by atoms with E-state index < -0.39 is 37.0 Å². The summed E-state index contributed by atoms with van der Waals surface area (Å²) in [6, 6.07) is 19.8. The number of piperidine rings is 1. The summed E-state index contributed by atoms with van der Waals surface area (Å²) >= 11 is 0. The molecule has 2 aliphatic carbocycles. The van der Waals surface area contributed by atoms with Crippen molar-refractivity contribution in [3.63, 3.8) is 0 Å². The van der Waals surface area contributed by atoms with E-state index in [0.29, 0.717) is 54.2 Å². The molecule has 4 aliphatic rings. The van der Waals surface area contributed by atoms with Gasteiger partial charge in [-0.05, 0) is 143 Å². The number of rotatable bonds is 13. The number of benzene rings is 2.